The van der Waals surface area contributed by atoms with Crippen LogP contribution in [-0.4, -0.2) is 37.8 Å². The minimum Gasteiger partial charge on any atom is -0.358 e. The van der Waals surface area contributed by atoms with E-state index in [1.165, 1.54) is 30.5 Å². The van der Waals surface area contributed by atoms with Gasteiger partial charge < -0.3 is 4.98 Å². The van der Waals surface area contributed by atoms with Gasteiger partial charge in [0.25, 0.3) is 10.2 Å². The Morgan fingerprint density at radius 2 is 2.14 bits per heavy atom. The van der Waals surface area contributed by atoms with Gasteiger partial charge in [-0.3, -0.25) is 0 Å². The van der Waals surface area contributed by atoms with Crippen LogP contribution < -0.4 is 4.72 Å². The molecule has 5 nitrogen and oxygen atoms in total. The van der Waals surface area contributed by atoms with Crippen LogP contribution in [0.2, 0.25) is 0 Å². The van der Waals surface area contributed by atoms with Crippen LogP contribution in [0.3, 0.4) is 0 Å². The van der Waals surface area contributed by atoms with Crippen LogP contribution in [0.4, 0.5) is 4.39 Å². The molecular weight excluding hydrogens is 293 g/mol. The van der Waals surface area contributed by atoms with Crippen LogP contribution in [0, 0.1) is 5.82 Å². The van der Waals surface area contributed by atoms with Gasteiger partial charge in [0.15, 0.2) is 0 Å². The minimum atomic E-state index is -3.43. The maximum absolute atomic E-state index is 13.3. The second kappa shape index (κ2) is 5.08. The van der Waals surface area contributed by atoms with E-state index in [4.69, 9.17) is 0 Å². The number of aromatic amines is 1. The molecule has 0 amide bonds. The van der Waals surface area contributed by atoms with E-state index in [2.05, 4.69) is 9.71 Å². The van der Waals surface area contributed by atoms with Crippen molar-refractivity contribution in [1.29, 1.82) is 0 Å². The third-order valence-corrected chi connectivity index (χ3v) is 5.54. The number of aromatic nitrogens is 1. The smallest absolute Gasteiger partial charge is 0.279 e. The van der Waals surface area contributed by atoms with Crippen molar-refractivity contribution in [1.82, 2.24) is 14.0 Å². The van der Waals surface area contributed by atoms with Crippen LogP contribution in [-0.2, 0) is 23.1 Å². The highest BCUT2D eigenvalue weighted by Gasteiger charge is 2.26. The van der Waals surface area contributed by atoms with E-state index in [1.807, 2.05) is 0 Å². The molecule has 114 valence electrons. The maximum Gasteiger partial charge on any atom is 0.279 e. The number of fused-ring (bicyclic) bond motifs is 3. The highest BCUT2D eigenvalue weighted by molar-refractivity contribution is 7.87. The molecule has 0 radical (unpaired) electrons. The maximum atomic E-state index is 13.3. The lowest BCUT2D eigenvalue weighted by atomic mass is 9.92. The van der Waals surface area contributed by atoms with E-state index in [9.17, 15) is 12.8 Å². The molecule has 0 bridgehead atoms. The highest BCUT2D eigenvalue weighted by Crippen LogP contribution is 2.29. The van der Waals surface area contributed by atoms with Gasteiger partial charge in [0, 0.05) is 36.7 Å². The van der Waals surface area contributed by atoms with Gasteiger partial charge in [-0.1, -0.05) is 0 Å². The fraction of sp³-hybridized carbons (Fsp3) is 0.429. The fourth-order valence-corrected chi connectivity index (χ4v) is 3.65. The lowest BCUT2D eigenvalue weighted by molar-refractivity contribution is 0.465. The zero-order chi connectivity index (χ0) is 15.2. The molecule has 3 rings (SSSR count). The fourth-order valence-electron chi connectivity index (χ4n) is 2.81. The topological polar surface area (TPSA) is 65.2 Å². The molecule has 1 heterocycles. The van der Waals surface area contributed by atoms with E-state index < -0.39 is 10.2 Å². The Labute approximate surface area is 123 Å². The van der Waals surface area contributed by atoms with Crippen molar-refractivity contribution in [2.75, 3.05) is 14.1 Å². The highest BCUT2D eigenvalue weighted by atomic mass is 32.2. The predicted octanol–water partition coefficient (Wildman–Crippen LogP) is 1.56. The van der Waals surface area contributed by atoms with Crippen molar-refractivity contribution in [2.24, 2.45) is 0 Å². The molecule has 0 saturated carbocycles. The lowest BCUT2D eigenvalue weighted by Crippen LogP contribution is -2.44. The Bertz CT molecular complexity index is 783. The number of H-pyrrole nitrogens is 1. The number of nitrogens with one attached hydrogen (secondary N) is 2. The number of benzene rings is 1. The van der Waals surface area contributed by atoms with Crippen LogP contribution in [0.1, 0.15) is 17.7 Å². The van der Waals surface area contributed by atoms with Gasteiger partial charge in [-0.2, -0.15) is 17.4 Å². The van der Waals surface area contributed by atoms with Crippen LogP contribution in [0.15, 0.2) is 18.2 Å². The van der Waals surface area contributed by atoms with E-state index in [-0.39, 0.29) is 11.9 Å². The van der Waals surface area contributed by atoms with Gasteiger partial charge in [0.1, 0.15) is 5.82 Å². The monoisotopic (exact) mass is 311 g/mol. The lowest BCUT2D eigenvalue weighted by Gasteiger charge is -2.25. The normalized spacial score (nSPS) is 19.1. The van der Waals surface area contributed by atoms with Gasteiger partial charge >= 0.3 is 0 Å². The quantitative estimate of drug-likeness (QED) is 0.903. The summed E-state index contributed by atoms with van der Waals surface area (Å²) in [6, 6.07) is 4.54. The summed E-state index contributed by atoms with van der Waals surface area (Å²) in [7, 11) is -0.420. The van der Waals surface area contributed by atoms with E-state index in [0.29, 0.717) is 6.42 Å². The Kier molecular flexibility index (Phi) is 3.51. The van der Waals surface area contributed by atoms with Crippen molar-refractivity contribution in [3.8, 4) is 0 Å². The number of nitrogens with zero attached hydrogens (tertiary/aromatic N) is 1. The number of rotatable bonds is 3. The number of aryl methyl sites for hydroxylation is 1. The summed E-state index contributed by atoms with van der Waals surface area (Å²) in [6.07, 6.45) is 2.11. The second-order valence-electron chi connectivity index (χ2n) is 5.62. The average Bonchev–Trinajstić information content (AvgIpc) is 2.74. The van der Waals surface area contributed by atoms with Gasteiger partial charge in [0.2, 0.25) is 0 Å². The molecule has 21 heavy (non-hydrogen) atoms. The Hall–Kier alpha value is -1.44. The van der Waals surface area contributed by atoms with Crippen molar-refractivity contribution < 1.29 is 12.8 Å². The molecular formula is C14H18FN3O2S. The molecule has 2 N–H and O–H groups in total. The largest absolute Gasteiger partial charge is 0.358 e. The van der Waals surface area contributed by atoms with Gasteiger partial charge in [-0.15, -0.1) is 0 Å². The van der Waals surface area contributed by atoms with Crippen molar-refractivity contribution in [3.63, 3.8) is 0 Å². The summed E-state index contributed by atoms with van der Waals surface area (Å²) < 4.78 is 41.0. The summed E-state index contributed by atoms with van der Waals surface area (Å²) in [5.74, 6) is -0.272. The standard InChI is InChI=1S/C14H18FN3O2S/c1-18(2)21(19,20)17-10-4-6-13-12(8-10)11-5-3-9(15)7-14(11)16-13/h3,5,7,10,16-17H,4,6,8H2,1-2H3. The molecule has 0 saturated heterocycles. The third kappa shape index (κ3) is 2.68. The summed E-state index contributed by atoms with van der Waals surface area (Å²) >= 11 is 0. The number of hydrogen-bond donors (Lipinski definition) is 2. The third-order valence-electron chi connectivity index (χ3n) is 3.95. The van der Waals surface area contributed by atoms with Crippen molar-refractivity contribution in [3.05, 3.63) is 35.3 Å². The number of halogens is 1. The molecule has 1 aliphatic carbocycles. The van der Waals surface area contributed by atoms with Crippen molar-refractivity contribution >= 4 is 21.1 Å². The average molecular weight is 311 g/mol. The van der Waals surface area contributed by atoms with E-state index in [1.54, 1.807) is 6.07 Å². The zero-order valence-electron chi connectivity index (χ0n) is 12.0. The Balaban J connectivity index is 1.90. The molecule has 1 aromatic carbocycles. The molecule has 1 aromatic heterocycles. The molecule has 1 atom stereocenters. The molecule has 0 aliphatic heterocycles. The SMILES string of the molecule is CN(C)S(=O)(=O)NC1CCc2[nH]c3cc(F)ccc3c2C1. The molecule has 0 spiro atoms. The Morgan fingerprint density at radius 1 is 1.38 bits per heavy atom. The molecule has 1 aliphatic rings. The molecule has 7 heteroatoms. The summed E-state index contributed by atoms with van der Waals surface area (Å²) in [4.78, 5) is 3.24. The van der Waals surface area contributed by atoms with E-state index in [0.717, 1.165) is 35.0 Å². The molecule has 1 unspecified atom stereocenters. The first-order valence-corrected chi connectivity index (χ1v) is 8.29. The first-order chi connectivity index (χ1) is 9.87. The van der Waals surface area contributed by atoms with Gasteiger partial charge in [-0.05, 0) is 43.0 Å². The van der Waals surface area contributed by atoms with Crippen LogP contribution >= 0.6 is 0 Å². The van der Waals surface area contributed by atoms with Gasteiger partial charge in [-0.25, -0.2) is 4.39 Å². The zero-order valence-corrected chi connectivity index (χ0v) is 12.8. The van der Waals surface area contributed by atoms with Crippen LogP contribution in [0.5, 0.6) is 0 Å². The summed E-state index contributed by atoms with van der Waals surface area (Å²) in [5, 5.41) is 0.972. The molecule has 2 aromatic rings. The Morgan fingerprint density at radius 3 is 2.86 bits per heavy atom. The number of hydrogen-bond acceptors (Lipinski definition) is 2. The van der Waals surface area contributed by atoms with Crippen LogP contribution in [0.25, 0.3) is 10.9 Å². The first kappa shape index (κ1) is 14.5. The summed E-state index contributed by atoms with van der Waals surface area (Å²) in [5.41, 5.74) is 2.94. The van der Waals surface area contributed by atoms with E-state index >= 15 is 0 Å². The second-order valence-corrected chi connectivity index (χ2v) is 7.53. The van der Waals surface area contributed by atoms with Crippen molar-refractivity contribution in [2.45, 2.75) is 25.3 Å². The minimum absolute atomic E-state index is 0.131. The summed E-state index contributed by atoms with van der Waals surface area (Å²) in [6.45, 7) is 0. The van der Waals surface area contributed by atoms with Gasteiger partial charge in [0.05, 0.1) is 0 Å². The molecule has 0 fully saturated rings. The first-order valence-electron chi connectivity index (χ1n) is 6.85. The predicted molar refractivity (Wildman–Crippen MR) is 79.8 cm³/mol.